The van der Waals surface area contributed by atoms with Crippen molar-refractivity contribution in [2.75, 3.05) is 7.11 Å². The Balaban J connectivity index is 3.03. The molecule has 1 aromatic rings. The molecule has 0 aliphatic carbocycles. The van der Waals surface area contributed by atoms with Crippen LogP contribution in [0.15, 0.2) is 30.0 Å². The van der Waals surface area contributed by atoms with Gasteiger partial charge in [0.1, 0.15) is 5.70 Å². The number of carbonyl (C=O) groups excluding carboxylic acids is 2. The molecule has 0 unspecified atom stereocenters. The second-order valence-electron chi connectivity index (χ2n) is 3.58. The Hall–Kier alpha value is -2.70. The first-order valence-electron chi connectivity index (χ1n) is 5.26. The molecule has 19 heavy (non-hydrogen) atoms. The molecular formula is C12H12N2O5. The van der Waals surface area contributed by atoms with E-state index in [4.69, 9.17) is 0 Å². The monoisotopic (exact) mass is 265 g/mol. The van der Waals surface area contributed by atoms with Gasteiger partial charge in [0.05, 0.1) is 12.0 Å². The van der Waals surface area contributed by atoms with Crippen molar-refractivity contribution in [2.24, 2.45) is 0 Å². The molecule has 0 aromatic heterocycles. The predicted octanol–water partition coefficient (Wildman–Crippen LogP) is 1.24. The van der Waals surface area contributed by atoms with Crippen molar-refractivity contribution < 1.29 is 19.2 Å². The van der Waals surface area contributed by atoms with Gasteiger partial charge in [0, 0.05) is 19.1 Å². The Morgan fingerprint density at radius 2 is 1.89 bits per heavy atom. The van der Waals surface area contributed by atoms with Gasteiger partial charge in [0.2, 0.25) is 5.91 Å². The third kappa shape index (κ3) is 4.23. The van der Waals surface area contributed by atoms with Crippen LogP contribution in [0.1, 0.15) is 12.5 Å². The minimum Gasteiger partial charge on any atom is -0.464 e. The lowest BCUT2D eigenvalue weighted by molar-refractivity contribution is -0.384. The molecule has 1 aromatic carbocycles. The summed E-state index contributed by atoms with van der Waals surface area (Å²) in [6.07, 6.45) is 1.37. The number of hydrogen-bond acceptors (Lipinski definition) is 5. The van der Waals surface area contributed by atoms with Crippen LogP contribution >= 0.6 is 0 Å². The number of nitrogens with one attached hydrogen (secondary N) is 1. The van der Waals surface area contributed by atoms with Crippen LogP contribution in [0.5, 0.6) is 0 Å². The average molecular weight is 265 g/mol. The highest BCUT2D eigenvalue weighted by atomic mass is 16.6. The van der Waals surface area contributed by atoms with Gasteiger partial charge in [-0.2, -0.15) is 0 Å². The number of nitro benzene ring substituents is 1. The molecule has 1 N–H and O–H groups in total. The van der Waals surface area contributed by atoms with E-state index in [1.807, 2.05) is 0 Å². The Morgan fingerprint density at radius 1 is 1.32 bits per heavy atom. The molecule has 0 saturated carbocycles. The van der Waals surface area contributed by atoms with E-state index in [0.717, 1.165) is 0 Å². The van der Waals surface area contributed by atoms with Crippen LogP contribution in [-0.2, 0) is 14.3 Å². The quantitative estimate of drug-likeness (QED) is 0.290. The highest BCUT2D eigenvalue weighted by Gasteiger charge is 2.11. The minimum absolute atomic E-state index is 0.0381. The highest BCUT2D eigenvalue weighted by Crippen LogP contribution is 2.14. The number of amides is 1. The van der Waals surface area contributed by atoms with Gasteiger partial charge in [-0.25, -0.2) is 4.79 Å². The number of carbonyl (C=O) groups is 2. The summed E-state index contributed by atoms with van der Waals surface area (Å²) in [4.78, 5) is 32.3. The van der Waals surface area contributed by atoms with Crippen LogP contribution in [0.2, 0.25) is 0 Å². The molecule has 0 spiro atoms. The van der Waals surface area contributed by atoms with Gasteiger partial charge in [-0.3, -0.25) is 14.9 Å². The smallest absolute Gasteiger partial charge is 0.354 e. The van der Waals surface area contributed by atoms with Crippen molar-refractivity contribution in [3.05, 3.63) is 45.6 Å². The highest BCUT2D eigenvalue weighted by molar-refractivity contribution is 5.97. The van der Waals surface area contributed by atoms with E-state index < -0.39 is 16.8 Å². The zero-order valence-electron chi connectivity index (χ0n) is 10.4. The van der Waals surface area contributed by atoms with Crippen LogP contribution in [0.3, 0.4) is 0 Å². The zero-order chi connectivity index (χ0) is 14.4. The molecule has 0 atom stereocenters. The number of non-ortho nitro benzene ring substituents is 1. The number of esters is 1. The van der Waals surface area contributed by atoms with Crippen LogP contribution < -0.4 is 5.32 Å². The number of hydrogen-bond donors (Lipinski definition) is 1. The summed E-state index contributed by atoms with van der Waals surface area (Å²) < 4.78 is 4.52. The number of rotatable bonds is 4. The first-order valence-corrected chi connectivity index (χ1v) is 5.26. The summed E-state index contributed by atoms with van der Waals surface area (Å²) in [7, 11) is 1.19. The molecule has 0 bridgehead atoms. The Kier molecular flexibility index (Phi) is 4.76. The molecule has 0 aliphatic heterocycles. The van der Waals surface area contributed by atoms with Crippen molar-refractivity contribution in [2.45, 2.75) is 6.92 Å². The zero-order valence-corrected chi connectivity index (χ0v) is 10.4. The molecule has 0 fully saturated rings. The molecule has 0 saturated heterocycles. The van der Waals surface area contributed by atoms with Gasteiger partial charge in [-0.1, -0.05) is 0 Å². The Morgan fingerprint density at radius 3 is 2.32 bits per heavy atom. The topological polar surface area (TPSA) is 98.5 Å². The van der Waals surface area contributed by atoms with Crippen LogP contribution in [-0.4, -0.2) is 23.9 Å². The first-order chi connectivity index (χ1) is 8.93. The van der Waals surface area contributed by atoms with Crippen LogP contribution in [0.25, 0.3) is 6.08 Å². The van der Waals surface area contributed by atoms with Gasteiger partial charge in [0.25, 0.3) is 5.69 Å². The van der Waals surface area contributed by atoms with Crippen LogP contribution in [0.4, 0.5) is 5.69 Å². The lowest BCUT2D eigenvalue weighted by atomic mass is 10.2. The summed E-state index contributed by atoms with van der Waals surface area (Å²) >= 11 is 0. The third-order valence-corrected chi connectivity index (χ3v) is 2.13. The fourth-order valence-corrected chi connectivity index (χ4v) is 1.30. The molecular weight excluding hydrogens is 253 g/mol. The van der Waals surface area contributed by atoms with Gasteiger partial charge < -0.3 is 10.1 Å². The first kappa shape index (κ1) is 14.4. The van der Waals surface area contributed by atoms with E-state index in [9.17, 15) is 19.7 Å². The second kappa shape index (κ2) is 6.29. The number of methoxy groups -OCH3 is 1. The van der Waals surface area contributed by atoms with Gasteiger partial charge in [-0.05, 0) is 23.8 Å². The molecule has 1 rings (SSSR count). The molecule has 1 amide bonds. The standard InChI is InChI=1S/C12H12N2O5/c1-8(15)13-11(12(16)19-2)7-9-3-5-10(6-4-9)14(17)18/h3-7H,1-2H3,(H,13,15)/b11-7+/i7+1. The molecule has 7 heteroatoms. The maximum atomic E-state index is 11.4. The minimum atomic E-state index is -0.700. The summed E-state index contributed by atoms with van der Waals surface area (Å²) in [5.74, 6) is -1.12. The number of nitrogens with zero attached hydrogens (tertiary/aromatic N) is 1. The van der Waals surface area contributed by atoms with Crippen molar-refractivity contribution >= 4 is 23.6 Å². The maximum absolute atomic E-state index is 11.4. The number of ether oxygens (including phenoxy) is 1. The molecule has 0 radical (unpaired) electrons. The maximum Gasteiger partial charge on any atom is 0.354 e. The number of nitro groups is 1. The normalized spacial score (nSPS) is 10.7. The van der Waals surface area contributed by atoms with Gasteiger partial charge >= 0.3 is 5.97 Å². The fourth-order valence-electron chi connectivity index (χ4n) is 1.30. The summed E-state index contributed by atoms with van der Waals surface area (Å²) in [6, 6.07) is 5.52. The summed E-state index contributed by atoms with van der Waals surface area (Å²) in [5, 5.41) is 12.8. The lowest BCUT2D eigenvalue weighted by Crippen LogP contribution is -2.25. The second-order valence-corrected chi connectivity index (χ2v) is 3.58. The van der Waals surface area contributed by atoms with Crippen molar-refractivity contribution in [3.63, 3.8) is 0 Å². The third-order valence-electron chi connectivity index (χ3n) is 2.13. The molecule has 0 heterocycles. The van der Waals surface area contributed by atoms with E-state index >= 15 is 0 Å². The molecule has 0 aliphatic rings. The summed E-state index contributed by atoms with van der Waals surface area (Å²) in [5.41, 5.74) is 0.430. The SMILES string of the molecule is COC(=O)/C(=[13CH]\c1ccc([N+](=O)[O-])cc1)NC(C)=O. The Labute approximate surface area is 109 Å². The average Bonchev–Trinajstić information content (AvgIpc) is 2.37. The van der Waals surface area contributed by atoms with Gasteiger partial charge in [-0.15, -0.1) is 0 Å². The van der Waals surface area contributed by atoms with E-state index in [1.165, 1.54) is 44.4 Å². The van der Waals surface area contributed by atoms with Crippen molar-refractivity contribution in [1.29, 1.82) is 0 Å². The van der Waals surface area contributed by atoms with Crippen LogP contribution in [0, 0.1) is 10.1 Å². The van der Waals surface area contributed by atoms with Gasteiger partial charge in [0.15, 0.2) is 0 Å². The fraction of sp³-hybridized carbons (Fsp3) is 0.167. The largest absolute Gasteiger partial charge is 0.464 e. The molecule has 100 valence electrons. The van der Waals surface area contributed by atoms with Crippen molar-refractivity contribution in [1.82, 2.24) is 5.32 Å². The van der Waals surface area contributed by atoms with E-state index in [2.05, 4.69) is 10.1 Å². The van der Waals surface area contributed by atoms with E-state index in [1.54, 1.807) is 0 Å². The summed E-state index contributed by atoms with van der Waals surface area (Å²) in [6.45, 7) is 1.26. The lowest BCUT2D eigenvalue weighted by Gasteiger charge is -2.05. The number of benzene rings is 1. The van der Waals surface area contributed by atoms with Crippen molar-refractivity contribution in [3.8, 4) is 0 Å². The molecule has 7 nitrogen and oxygen atoms in total. The predicted molar refractivity (Wildman–Crippen MR) is 66.9 cm³/mol. The van der Waals surface area contributed by atoms with E-state index in [0.29, 0.717) is 5.56 Å². The Bertz CT molecular complexity index is 534. The van der Waals surface area contributed by atoms with E-state index in [-0.39, 0.29) is 11.4 Å².